The molecule has 1 aromatic carbocycles. The molecular formula is C14H11FN2O2. The van der Waals surface area contributed by atoms with Gasteiger partial charge in [-0.3, -0.25) is 0 Å². The molecule has 0 radical (unpaired) electrons. The minimum Gasteiger partial charge on any atom is -0.486 e. The molecule has 2 aromatic rings. The Labute approximate surface area is 109 Å². The molecule has 0 amide bonds. The monoisotopic (exact) mass is 258 g/mol. The Kier molecular flexibility index (Phi) is 4.06. The van der Waals surface area contributed by atoms with Gasteiger partial charge < -0.3 is 9.84 Å². The number of hydrogen-bond donors (Lipinski definition) is 1. The number of hydrogen-bond acceptors (Lipinski definition) is 4. The van der Waals surface area contributed by atoms with Crippen molar-refractivity contribution in [1.82, 2.24) is 4.98 Å². The van der Waals surface area contributed by atoms with Crippen LogP contribution in [0.1, 0.15) is 16.8 Å². The number of nitriles is 1. The van der Waals surface area contributed by atoms with Gasteiger partial charge in [-0.05, 0) is 23.8 Å². The first-order chi connectivity index (χ1) is 9.24. The van der Waals surface area contributed by atoms with Crippen LogP contribution in [0.4, 0.5) is 4.39 Å². The zero-order chi connectivity index (χ0) is 13.7. The number of aliphatic hydroxyl groups excluding tert-OH is 1. The van der Waals surface area contributed by atoms with Crippen LogP contribution in [-0.4, -0.2) is 10.1 Å². The van der Waals surface area contributed by atoms with E-state index in [0.717, 1.165) is 0 Å². The number of aromatic nitrogens is 1. The van der Waals surface area contributed by atoms with Gasteiger partial charge in [0.15, 0.2) is 11.6 Å². The Morgan fingerprint density at radius 3 is 2.89 bits per heavy atom. The minimum absolute atomic E-state index is 0.0616. The second-order valence-electron chi connectivity index (χ2n) is 3.83. The maximum atomic E-state index is 13.6. The highest BCUT2D eigenvalue weighted by molar-refractivity contribution is 5.32. The van der Waals surface area contributed by atoms with Crippen molar-refractivity contribution in [3.63, 3.8) is 0 Å². The lowest BCUT2D eigenvalue weighted by Crippen LogP contribution is -2.01. The van der Waals surface area contributed by atoms with E-state index in [1.165, 1.54) is 18.3 Å². The van der Waals surface area contributed by atoms with Crippen LogP contribution < -0.4 is 4.74 Å². The predicted molar refractivity (Wildman–Crippen MR) is 65.6 cm³/mol. The molecule has 2 rings (SSSR count). The average molecular weight is 258 g/mol. The highest BCUT2D eigenvalue weighted by Crippen LogP contribution is 2.20. The van der Waals surface area contributed by atoms with Gasteiger partial charge in [-0.1, -0.05) is 12.1 Å². The molecule has 96 valence electrons. The number of halogens is 1. The molecule has 0 fully saturated rings. The van der Waals surface area contributed by atoms with Crippen LogP contribution in [0.2, 0.25) is 0 Å². The van der Waals surface area contributed by atoms with Crippen LogP contribution in [0.25, 0.3) is 0 Å². The predicted octanol–water partition coefficient (Wildman–Crippen LogP) is 2.16. The number of benzene rings is 1. The van der Waals surface area contributed by atoms with Crippen molar-refractivity contribution >= 4 is 0 Å². The Morgan fingerprint density at radius 2 is 2.21 bits per heavy atom. The molecule has 5 heteroatoms. The lowest BCUT2D eigenvalue weighted by atomic mass is 10.2. The molecule has 0 saturated heterocycles. The maximum Gasteiger partial charge on any atom is 0.165 e. The van der Waals surface area contributed by atoms with Crippen LogP contribution in [0.3, 0.4) is 0 Å². The summed E-state index contributed by atoms with van der Waals surface area (Å²) in [4.78, 5) is 3.89. The highest BCUT2D eigenvalue weighted by Gasteiger charge is 2.07. The van der Waals surface area contributed by atoms with E-state index in [9.17, 15) is 4.39 Å². The van der Waals surface area contributed by atoms with E-state index in [1.54, 1.807) is 18.2 Å². The van der Waals surface area contributed by atoms with Gasteiger partial charge in [0.1, 0.15) is 18.4 Å². The number of ether oxygens (including phenoxy) is 1. The lowest BCUT2D eigenvalue weighted by Gasteiger charge is -2.08. The van der Waals surface area contributed by atoms with Gasteiger partial charge in [-0.2, -0.15) is 5.26 Å². The standard InChI is InChI=1S/C14H11FN2O2/c15-12-6-10(8-18)3-4-14(12)19-9-11-2-1-5-17-13(11)7-16/h1-6,18H,8-9H2. The third-order valence-electron chi connectivity index (χ3n) is 2.56. The summed E-state index contributed by atoms with van der Waals surface area (Å²) in [6, 6.07) is 9.57. The van der Waals surface area contributed by atoms with E-state index in [2.05, 4.69) is 4.98 Å². The number of aliphatic hydroxyl groups is 1. The van der Waals surface area contributed by atoms with Crippen molar-refractivity contribution in [2.24, 2.45) is 0 Å². The van der Waals surface area contributed by atoms with E-state index in [1.807, 2.05) is 6.07 Å². The van der Waals surface area contributed by atoms with E-state index < -0.39 is 5.82 Å². The van der Waals surface area contributed by atoms with Crippen molar-refractivity contribution in [2.45, 2.75) is 13.2 Å². The van der Waals surface area contributed by atoms with Gasteiger partial charge in [0.05, 0.1) is 6.61 Å². The molecule has 0 saturated carbocycles. The van der Waals surface area contributed by atoms with Crippen LogP contribution in [-0.2, 0) is 13.2 Å². The highest BCUT2D eigenvalue weighted by atomic mass is 19.1. The molecule has 0 unspecified atom stereocenters. The number of nitrogens with zero attached hydrogens (tertiary/aromatic N) is 2. The van der Waals surface area contributed by atoms with Crippen molar-refractivity contribution in [3.8, 4) is 11.8 Å². The van der Waals surface area contributed by atoms with Crippen LogP contribution in [0.5, 0.6) is 5.75 Å². The topological polar surface area (TPSA) is 66.1 Å². The summed E-state index contributed by atoms with van der Waals surface area (Å²) in [7, 11) is 0. The summed E-state index contributed by atoms with van der Waals surface area (Å²) < 4.78 is 18.9. The van der Waals surface area contributed by atoms with E-state index in [-0.39, 0.29) is 24.7 Å². The normalized spacial score (nSPS) is 9.95. The van der Waals surface area contributed by atoms with E-state index in [4.69, 9.17) is 15.1 Å². The summed E-state index contributed by atoms with van der Waals surface area (Å²) in [5, 5.41) is 17.7. The van der Waals surface area contributed by atoms with Gasteiger partial charge in [-0.25, -0.2) is 9.37 Å². The number of rotatable bonds is 4. The second kappa shape index (κ2) is 5.94. The fourth-order valence-electron chi connectivity index (χ4n) is 1.57. The van der Waals surface area contributed by atoms with Gasteiger partial charge in [-0.15, -0.1) is 0 Å². The largest absolute Gasteiger partial charge is 0.486 e. The lowest BCUT2D eigenvalue weighted by molar-refractivity contribution is 0.276. The van der Waals surface area contributed by atoms with Gasteiger partial charge in [0.2, 0.25) is 0 Å². The first-order valence-corrected chi connectivity index (χ1v) is 5.60. The first kappa shape index (κ1) is 13.0. The Bertz CT molecular complexity index is 623. The fraction of sp³-hybridized carbons (Fsp3) is 0.143. The molecule has 1 aromatic heterocycles. The minimum atomic E-state index is -0.547. The zero-order valence-corrected chi connectivity index (χ0v) is 10.0. The summed E-state index contributed by atoms with van der Waals surface area (Å²) >= 11 is 0. The summed E-state index contributed by atoms with van der Waals surface area (Å²) in [5.74, 6) is -0.473. The Balaban J connectivity index is 2.13. The molecule has 0 spiro atoms. The molecule has 1 N–H and O–H groups in total. The third kappa shape index (κ3) is 3.06. The Morgan fingerprint density at radius 1 is 1.37 bits per heavy atom. The third-order valence-corrected chi connectivity index (χ3v) is 2.56. The van der Waals surface area contributed by atoms with Crippen molar-refractivity contribution in [1.29, 1.82) is 5.26 Å². The molecular weight excluding hydrogens is 247 g/mol. The van der Waals surface area contributed by atoms with Crippen molar-refractivity contribution in [3.05, 3.63) is 59.2 Å². The maximum absolute atomic E-state index is 13.6. The summed E-state index contributed by atoms with van der Waals surface area (Å²) in [5.41, 5.74) is 1.33. The fourth-order valence-corrected chi connectivity index (χ4v) is 1.57. The van der Waals surface area contributed by atoms with E-state index in [0.29, 0.717) is 11.1 Å². The molecule has 0 atom stereocenters. The second-order valence-corrected chi connectivity index (χ2v) is 3.83. The van der Waals surface area contributed by atoms with Crippen LogP contribution in [0, 0.1) is 17.1 Å². The van der Waals surface area contributed by atoms with Crippen LogP contribution in [0.15, 0.2) is 36.5 Å². The van der Waals surface area contributed by atoms with Gasteiger partial charge in [0, 0.05) is 11.8 Å². The van der Waals surface area contributed by atoms with Crippen LogP contribution >= 0.6 is 0 Å². The first-order valence-electron chi connectivity index (χ1n) is 5.60. The molecule has 1 heterocycles. The molecule has 0 aliphatic rings. The van der Waals surface area contributed by atoms with Crippen molar-refractivity contribution in [2.75, 3.05) is 0 Å². The molecule has 4 nitrogen and oxygen atoms in total. The molecule has 0 aliphatic heterocycles. The summed E-state index contributed by atoms with van der Waals surface area (Å²) in [6.45, 7) is -0.162. The number of pyridine rings is 1. The quantitative estimate of drug-likeness (QED) is 0.912. The molecule has 0 aliphatic carbocycles. The molecule has 0 bridgehead atoms. The SMILES string of the molecule is N#Cc1ncccc1COc1ccc(CO)cc1F. The summed E-state index contributed by atoms with van der Waals surface area (Å²) in [6.07, 6.45) is 1.51. The van der Waals surface area contributed by atoms with Crippen molar-refractivity contribution < 1.29 is 14.2 Å². The average Bonchev–Trinajstić information content (AvgIpc) is 2.46. The van der Waals surface area contributed by atoms with Gasteiger partial charge in [0.25, 0.3) is 0 Å². The Hall–Kier alpha value is -2.45. The molecule has 19 heavy (non-hydrogen) atoms. The van der Waals surface area contributed by atoms with Gasteiger partial charge >= 0.3 is 0 Å². The smallest absolute Gasteiger partial charge is 0.165 e. The zero-order valence-electron chi connectivity index (χ0n) is 10.0. The van der Waals surface area contributed by atoms with E-state index >= 15 is 0 Å².